The fourth-order valence-corrected chi connectivity index (χ4v) is 2.41. The highest BCUT2D eigenvalue weighted by Crippen LogP contribution is 2.17. The van der Waals surface area contributed by atoms with Gasteiger partial charge in [0.05, 0.1) is 6.04 Å². The summed E-state index contributed by atoms with van der Waals surface area (Å²) < 4.78 is 0. The topological polar surface area (TPSA) is 102 Å². The first-order valence-electron chi connectivity index (χ1n) is 6.12. The van der Waals surface area contributed by atoms with Crippen LogP contribution in [-0.2, 0) is 0 Å². The van der Waals surface area contributed by atoms with Gasteiger partial charge in [-0.2, -0.15) is 0 Å². The van der Waals surface area contributed by atoms with Crippen molar-refractivity contribution in [3.05, 3.63) is 12.4 Å². The summed E-state index contributed by atoms with van der Waals surface area (Å²) in [5, 5.41) is 20.8. The first kappa shape index (κ1) is 12.2. The lowest BCUT2D eigenvalue weighted by molar-refractivity contribution is 0.197. The molecular formula is C10H14BN5O3. The second kappa shape index (κ2) is 4.67. The van der Waals surface area contributed by atoms with Gasteiger partial charge in [-0.05, 0) is 0 Å². The molecule has 8 nitrogen and oxygen atoms in total. The minimum atomic E-state index is -1.55. The molecule has 9 heteroatoms. The van der Waals surface area contributed by atoms with Crippen molar-refractivity contribution in [2.24, 2.45) is 0 Å². The first-order chi connectivity index (χ1) is 9.15. The summed E-state index contributed by atoms with van der Waals surface area (Å²) in [6.45, 7) is 2.64. The molecular weight excluding hydrogens is 249 g/mol. The Labute approximate surface area is 110 Å². The summed E-state index contributed by atoms with van der Waals surface area (Å²) in [7, 11) is -1.55. The number of hydrogen-bond acceptors (Lipinski definition) is 6. The summed E-state index contributed by atoms with van der Waals surface area (Å²) in [5.41, 5.74) is 0.264. The second-order valence-corrected chi connectivity index (χ2v) is 4.67. The Morgan fingerprint density at radius 2 is 2.05 bits per heavy atom. The van der Waals surface area contributed by atoms with Gasteiger partial charge in [0.15, 0.2) is 0 Å². The Hall–Kier alpha value is -1.87. The Bertz CT molecular complexity index is 483. The largest absolute Gasteiger partial charge is 0.491 e. The summed E-state index contributed by atoms with van der Waals surface area (Å²) in [5.74, 6) is 0.545. The molecule has 3 heterocycles. The SMILES string of the molecule is O=C1NCC2CN(c3ncc(B(O)O)cn3)CCN12. The lowest BCUT2D eigenvalue weighted by Gasteiger charge is -2.36. The first-order valence-corrected chi connectivity index (χ1v) is 6.12. The van der Waals surface area contributed by atoms with E-state index in [1.807, 2.05) is 9.80 Å². The molecule has 100 valence electrons. The van der Waals surface area contributed by atoms with Gasteiger partial charge < -0.3 is 25.2 Å². The van der Waals surface area contributed by atoms with E-state index in [-0.39, 0.29) is 17.5 Å². The van der Waals surface area contributed by atoms with Crippen LogP contribution in [0, 0.1) is 0 Å². The molecule has 3 N–H and O–H groups in total. The number of anilines is 1. The van der Waals surface area contributed by atoms with Crippen LogP contribution < -0.4 is 15.7 Å². The highest BCUT2D eigenvalue weighted by molar-refractivity contribution is 6.58. The third-order valence-electron chi connectivity index (χ3n) is 3.47. The fourth-order valence-electron chi connectivity index (χ4n) is 2.41. The maximum atomic E-state index is 11.5. The molecule has 0 saturated carbocycles. The van der Waals surface area contributed by atoms with E-state index in [1.165, 1.54) is 12.4 Å². The maximum Gasteiger partial charge on any atom is 0.491 e. The van der Waals surface area contributed by atoms with E-state index in [0.717, 1.165) is 0 Å². The Balaban J connectivity index is 1.71. The number of hydrogen-bond donors (Lipinski definition) is 3. The molecule has 2 aliphatic heterocycles. The molecule has 2 amide bonds. The number of aromatic nitrogens is 2. The smallest absolute Gasteiger partial charge is 0.423 e. The monoisotopic (exact) mass is 263 g/mol. The zero-order valence-corrected chi connectivity index (χ0v) is 10.2. The molecule has 3 rings (SSSR count). The number of nitrogens with one attached hydrogen (secondary N) is 1. The molecule has 0 aromatic carbocycles. The van der Waals surface area contributed by atoms with Gasteiger partial charge in [-0.25, -0.2) is 14.8 Å². The number of fused-ring (bicyclic) bond motifs is 1. The van der Waals surface area contributed by atoms with Crippen molar-refractivity contribution in [3.63, 3.8) is 0 Å². The van der Waals surface area contributed by atoms with E-state index in [0.29, 0.717) is 32.1 Å². The van der Waals surface area contributed by atoms with Gasteiger partial charge in [0.2, 0.25) is 5.95 Å². The Kier molecular flexibility index (Phi) is 2.99. The van der Waals surface area contributed by atoms with Crippen molar-refractivity contribution >= 4 is 24.6 Å². The van der Waals surface area contributed by atoms with E-state index in [2.05, 4.69) is 15.3 Å². The molecule has 0 bridgehead atoms. The van der Waals surface area contributed by atoms with Gasteiger partial charge in [-0.1, -0.05) is 0 Å². The van der Waals surface area contributed by atoms with Crippen molar-refractivity contribution in [3.8, 4) is 0 Å². The molecule has 0 aliphatic carbocycles. The molecule has 0 spiro atoms. The molecule has 2 fully saturated rings. The molecule has 2 aliphatic rings. The molecule has 1 atom stereocenters. The number of piperazine rings is 1. The molecule has 19 heavy (non-hydrogen) atoms. The highest BCUT2D eigenvalue weighted by Gasteiger charge is 2.36. The minimum Gasteiger partial charge on any atom is -0.423 e. The van der Waals surface area contributed by atoms with Crippen molar-refractivity contribution in [1.29, 1.82) is 0 Å². The Morgan fingerprint density at radius 3 is 2.74 bits per heavy atom. The van der Waals surface area contributed by atoms with Crippen molar-refractivity contribution in [2.45, 2.75) is 6.04 Å². The van der Waals surface area contributed by atoms with Crippen LogP contribution >= 0.6 is 0 Å². The lowest BCUT2D eigenvalue weighted by Crippen LogP contribution is -2.52. The second-order valence-electron chi connectivity index (χ2n) is 4.67. The molecule has 2 saturated heterocycles. The highest BCUT2D eigenvalue weighted by atomic mass is 16.4. The number of amides is 2. The molecule has 1 unspecified atom stereocenters. The predicted molar refractivity (Wildman–Crippen MR) is 68.0 cm³/mol. The van der Waals surface area contributed by atoms with E-state index >= 15 is 0 Å². The number of carbonyl (C=O) groups is 1. The number of urea groups is 1. The molecule has 1 aromatic heterocycles. The average Bonchev–Trinajstić information content (AvgIpc) is 2.80. The van der Waals surface area contributed by atoms with Crippen LogP contribution in [-0.4, -0.2) is 70.3 Å². The van der Waals surface area contributed by atoms with Gasteiger partial charge in [0.1, 0.15) is 0 Å². The van der Waals surface area contributed by atoms with Gasteiger partial charge in [0, 0.05) is 44.0 Å². The van der Waals surface area contributed by atoms with E-state index in [9.17, 15) is 4.79 Å². The normalized spacial score (nSPS) is 22.2. The van der Waals surface area contributed by atoms with Crippen molar-refractivity contribution in [1.82, 2.24) is 20.2 Å². The van der Waals surface area contributed by atoms with Crippen LogP contribution in [0.4, 0.5) is 10.7 Å². The van der Waals surface area contributed by atoms with Gasteiger partial charge in [-0.3, -0.25) is 0 Å². The third-order valence-corrected chi connectivity index (χ3v) is 3.47. The van der Waals surface area contributed by atoms with Gasteiger partial charge >= 0.3 is 13.1 Å². The maximum absolute atomic E-state index is 11.5. The standard InChI is InChI=1S/C10H14BN5O3/c17-10-14-5-8-6-15(1-2-16(8)10)9-12-3-7(4-13-9)11(18)19/h3-4,8,18-19H,1-2,5-6H2,(H,14,17). The summed E-state index contributed by atoms with van der Waals surface area (Å²) in [6.07, 6.45) is 2.80. The van der Waals surface area contributed by atoms with Crippen LogP contribution in [0.5, 0.6) is 0 Å². The van der Waals surface area contributed by atoms with Crippen molar-refractivity contribution in [2.75, 3.05) is 31.1 Å². The van der Waals surface area contributed by atoms with Gasteiger partial charge in [-0.15, -0.1) is 0 Å². The third kappa shape index (κ3) is 2.22. The van der Waals surface area contributed by atoms with Crippen LogP contribution in [0.2, 0.25) is 0 Å². The minimum absolute atomic E-state index is 0.00989. The average molecular weight is 263 g/mol. The Morgan fingerprint density at radius 1 is 1.32 bits per heavy atom. The molecule has 1 aromatic rings. The number of carbonyl (C=O) groups excluding carboxylic acids is 1. The van der Waals surface area contributed by atoms with Gasteiger partial charge in [0.25, 0.3) is 0 Å². The van der Waals surface area contributed by atoms with E-state index < -0.39 is 7.12 Å². The number of rotatable bonds is 2. The van der Waals surface area contributed by atoms with Crippen molar-refractivity contribution < 1.29 is 14.8 Å². The predicted octanol–water partition coefficient (Wildman–Crippen LogP) is -2.63. The molecule has 0 radical (unpaired) electrons. The summed E-state index contributed by atoms with van der Waals surface area (Å²) >= 11 is 0. The summed E-state index contributed by atoms with van der Waals surface area (Å²) in [6, 6.07) is 0.136. The lowest BCUT2D eigenvalue weighted by atomic mass is 9.83. The fraction of sp³-hybridized carbons (Fsp3) is 0.500. The van der Waals surface area contributed by atoms with E-state index in [1.54, 1.807) is 0 Å². The number of nitrogens with zero attached hydrogens (tertiary/aromatic N) is 4. The summed E-state index contributed by atoms with van der Waals surface area (Å²) in [4.78, 5) is 23.6. The van der Waals surface area contributed by atoms with E-state index in [4.69, 9.17) is 10.0 Å². The zero-order chi connectivity index (χ0) is 13.4. The van der Waals surface area contributed by atoms with Crippen LogP contribution in [0.3, 0.4) is 0 Å². The van der Waals surface area contributed by atoms with Crippen LogP contribution in [0.25, 0.3) is 0 Å². The quantitative estimate of drug-likeness (QED) is 0.504. The zero-order valence-electron chi connectivity index (χ0n) is 10.2. The van der Waals surface area contributed by atoms with Crippen LogP contribution in [0.15, 0.2) is 12.4 Å². The van der Waals surface area contributed by atoms with Crippen LogP contribution in [0.1, 0.15) is 0 Å².